The third-order valence-corrected chi connectivity index (χ3v) is 4.34. The first kappa shape index (κ1) is 16.1. The molecule has 0 radical (unpaired) electrons. The van der Waals surface area contributed by atoms with Crippen LogP contribution in [0.3, 0.4) is 0 Å². The van der Waals surface area contributed by atoms with Gasteiger partial charge in [-0.25, -0.2) is 8.78 Å². The first-order valence-corrected chi connectivity index (χ1v) is 7.87. The van der Waals surface area contributed by atoms with E-state index in [0.717, 1.165) is 17.5 Å². The van der Waals surface area contributed by atoms with Crippen molar-refractivity contribution in [1.82, 2.24) is 0 Å². The quantitative estimate of drug-likeness (QED) is 0.792. The number of halogens is 2. The van der Waals surface area contributed by atoms with Gasteiger partial charge < -0.3 is 9.47 Å². The van der Waals surface area contributed by atoms with Crippen LogP contribution in [0.2, 0.25) is 0 Å². The van der Waals surface area contributed by atoms with E-state index in [1.165, 1.54) is 19.1 Å². The van der Waals surface area contributed by atoms with Gasteiger partial charge in [0, 0.05) is 17.0 Å². The van der Waals surface area contributed by atoms with E-state index < -0.39 is 11.6 Å². The Morgan fingerprint density at radius 2 is 1.52 bits per heavy atom. The van der Waals surface area contributed by atoms with Gasteiger partial charge in [-0.1, -0.05) is 31.2 Å². The van der Waals surface area contributed by atoms with Gasteiger partial charge in [0.2, 0.25) is 0 Å². The number of rotatable bonds is 3. The molecule has 0 unspecified atom stereocenters. The van der Waals surface area contributed by atoms with Crippen molar-refractivity contribution in [2.24, 2.45) is 5.92 Å². The molecule has 2 nitrogen and oxygen atoms in total. The van der Waals surface area contributed by atoms with Crippen LogP contribution in [0.15, 0.2) is 36.4 Å². The van der Waals surface area contributed by atoms with Crippen LogP contribution in [0.4, 0.5) is 8.78 Å². The molecule has 1 fully saturated rings. The molecule has 2 aromatic rings. The largest absolute Gasteiger partial charge is 0.348 e. The van der Waals surface area contributed by atoms with Crippen LogP contribution >= 0.6 is 0 Å². The molecule has 3 rings (SSSR count). The summed E-state index contributed by atoms with van der Waals surface area (Å²) in [4.78, 5) is 0. The molecule has 1 heterocycles. The van der Waals surface area contributed by atoms with E-state index in [2.05, 4.69) is 6.92 Å². The average Bonchev–Trinajstić information content (AvgIpc) is 2.59. The third-order valence-electron chi connectivity index (χ3n) is 4.34. The molecule has 0 N–H and O–H groups in total. The molecular weight excluding hydrogens is 298 g/mol. The van der Waals surface area contributed by atoms with Crippen molar-refractivity contribution >= 4 is 0 Å². The van der Waals surface area contributed by atoms with Gasteiger partial charge in [0.15, 0.2) is 6.29 Å². The predicted octanol–water partition coefficient (Wildman–Crippen LogP) is 5.01. The monoisotopic (exact) mass is 318 g/mol. The van der Waals surface area contributed by atoms with Crippen LogP contribution in [-0.2, 0) is 9.47 Å². The normalized spacial score (nSPS) is 21.4. The summed E-state index contributed by atoms with van der Waals surface area (Å²) in [6.45, 7) is 4.93. The Morgan fingerprint density at radius 1 is 0.957 bits per heavy atom. The molecule has 0 saturated carbocycles. The summed E-state index contributed by atoms with van der Waals surface area (Å²) in [6, 6.07) is 10.1. The van der Waals surface area contributed by atoms with Gasteiger partial charge in [0.1, 0.15) is 11.6 Å². The molecule has 122 valence electrons. The Kier molecular flexibility index (Phi) is 4.74. The highest BCUT2D eigenvalue weighted by Gasteiger charge is 2.22. The zero-order valence-electron chi connectivity index (χ0n) is 13.3. The summed E-state index contributed by atoms with van der Waals surface area (Å²) >= 11 is 0. The second-order valence-electron chi connectivity index (χ2n) is 5.96. The van der Waals surface area contributed by atoms with Crippen LogP contribution in [-0.4, -0.2) is 13.2 Å². The molecule has 1 aliphatic heterocycles. The third kappa shape index (κ3) is 3.43. The summed E-state index contributed by atoms with van der Waals surface area (Å²) in [5.74, 6) is -0.619. The van der Waals surface area contributed by atoms with Crippen LogP contribution in [0.25, 0.3) is 11.1 Å². The van der Waals surface area contributed by atoms with E-state index >= 15 is 0 Å². The molecule has 0 atom stereocenters. The summed E-state index contributed by atoms with van der Waals surface area (Å²) in [6.07, 6.45) is 0.675. The van der Waals surface area contributed by atoms with Gasteiger partial charge in [-0.15, -0.1) is 0 Å². The maximum absolute atomic E-state index is 13.7. The summed E-state index contributed by atoms with van der Waals surface area (Å²) in [5, 5.41) is 0. The van der Waals surface area contributed by atoms with Crippen molar-refractivity contribution in [2.75, 3.05) is 13.2 Å². The smallest absolute Gasteiger partial charge is 0.183 e. The van der Waals surface area contributed by atoms with Crippen LogP contribution in [0.1, 0.15) is 30.8 Å². The van der Waals surface area contributed by atoms with E-state index in [-0.39, 0.29) is 11.9 Å². The van der Waals surface area contributed by atoms with Crippen molar-refractivity contribution in [3.05, 3.63) is 59.2 Å². The molecule has 23 heavy (non-hydrogen) atoms. The number of benzene rings is 2. The number of hydrogen-bond donors (Lipinski definition) is 0. The minimum absolute atomic E-state index is 0.0415. The van der Waals surface area contributed by atoms with E-state index in [1.807, 2.05) is 24.3 Å². The van der Waals surface area contributed by atoms with Gasteiger partial charge in [-0.05, 0) is 36.6 Å². The van der Waals surface area contributed by atoms with Crippen molar-refractivity contribution < 1.29 is 18.3 Å². The maximum atomic E-state index is 13.7. The molecule has 0 aliphatic carbocycles. The molecule has 0 spiro atoms. The Labute approximate surface area is 135 Å². The second kappa shape index (κ2) is 6.77. The SMILES string of the molecule is CCC1COC(c2ccc(-c3cc(F)c(C)c(F)c3)cc2)OC1. The molecule has 1 saturated heterocycles. The van der Waals surface area contributed by atoms with E-state index in [1.54, 1.807) is 0 Å². The highest BCUT2D eigenvalue weighted by Crippen LogP contribution is 2.29. The lowest BCUT2D eigenvalue weighted by molar-refractivity contribution is -0.205. The molecule has 2 aromatic carbocycles. The number of ether oxygens (including phenoxy) is 2. The Hall–Kier alpha value is -1.78. The van der Waals surface area contributed by atoms with Crippen molar-refractivity contribution in [1.29, 1.82) is 0 Å². The van der Waals surface area contributed by atoms with Crippen LogP contribution in [0.5, 0.6) is 0 Å². The standard InChI is InChI=1S/C19H20F2O2/c1-3-13-10-22-19(23-11-13)15-6-4-14(5-7-15)16-8-17(20)12(2)18(21)9-16/h4-9,13,19H,3,10-11H2,1-2H3. The minimum atomic E-state index is -0.534. The summed E-state index contributed by atoms with van der Waals surface area (Å²) in [5.41, 5.74) is 2.23. The van der Waals surface area contributed by atoms with Gasteiger partial charge in [-0.2, -0.15) is 0 Å². The fraction of sp³-hybridized carbons (Fsp3) is 0.368. The van der Waals surface area contributed by atoms with E-state index in [9.17, 15) is 8.78 Å². The van der Waals surface area contributed by atoms with Crippen LogP contribution in [0, 0.1) is 24.5 Å². The lowest BCUT2D eigenvalue weighted by atomic mass is 10.0. The highest BCUT2D eigenvalue weighted by atomic mass is 19.1. The van der Waals surface area contributed by atoms with Gasteiger partial charge in [0.25, 0.3) is 0 Å². The van der Waals surface area contributed by atoms with Crippen molar-refractivity contribution in [2.45, 2.75) is 26.6 Å². The Bertz CT molecular complexity index is 651. The van der Waals surface area contributed by atoms with Gasteiger partial charge >= 0.3 is 0 Å². The zero-order valence-corrected chi connectivity index (χ0v) is 13.3. The minimum Gasteiger partial charge on any atom is -0.348 e. The van der Waals surface area contributed by atoms with Crippen LogP contribution < -0.4 is 0 Å². The predicted molar refractivity (Wildman–Crippen MR) is 85.0 cm³/mol. The summed E-state index contributed by atoms with van der Waals surface area (Å²) < 4.78 is 38.8. The van der Waals surface area contributed by atoms with Crippen molar-refractivity contribution in [3.8, 4) is 11.1 Å². The molecule has 1 aliphatic rings. The summed E-state index contributed by atoms with van der Waals surface area (Å²) in [7, 11) is 0. The Morgan fingerprint density at radius 3 is 2.04 bits per heavy atom. The van der Waals surface area contributed by atoms with E-state index in [4.69, 9.17) is 9.47 Å². The highest BCUT2D eigenvalue weighted by molar-refractivity contribution is 5.64. The lowest BCUT2D eigenvalue weighted by Gasteiger charge is -2.29. The molecule has 0 bridgehead atoms. The topological polar surface area (TPSA) is 18.5 Å². The van der Waals surface area contributed by atoms with Crippen molar-refractivity contribution in [3.63, 3.8) is 0 Å². The van der Waals surface area contributed by atoms with Gasteiger partial charge in [-0.3, -0.25) is 0 Å². The molecular formula is C19H20F2O2. The fourth-order valence-electron chi connectivity index (χ4n) is 2.62. The molecule has 0 amide bonds. The first-order chi connectivity index (χ1) is 11.1. The second-order valence-corrected chi connectivity index (χ2v) is 5.96. The van der Waals surface area contributed by atoms with E-state index in [0.29, 0.717) is 24.7 Å². The zero-order chi connectivity index (χ0) is 16.4. The average molecular weight is 318 g/mol. The maximum Gasteiger partial charge on any atom is 0.183 e. The molecule has 0 aromatic heterocycles. The fourth-order valence-corrected chi connectivity index (χ4v) is 2.62. The Balaban J connectivity index is 1.77. The van der Waals surface area contributed by atoms with Gasteiger partial charge in [0.05, 0.1) is 13.2 Å². The lowest BCUT2D eigenvalue weighted by Crippen LogP contribution is -2.26. The number of hydrogen-bond acceptors (Lipinski definition) is 2. The molecule has 4 heteroatoms. The first-order valence-electron chi connectivity index (χ1n) is 7.87.